The molecule has 0 bridgehead atoms. The topological polar surface area (TPSA) is 63.2 Å². The molecular weight excluding hydrogens is 395 g/mol. The lowest BCUT2D eigenvalue weighted by Gasteiger charge is -2.02. The SMILES string of the molecule is Cc1n(-c2ccccc2)c2cc(Cl)c(Cl)cc2[n+]1CCCCS(=O)(=O)O. The Kier molecular flexibility index (Phi) is 5.58. The highest BCUT2D eigenvalue weighted by Crippen LogP contribution is 2.29. The second-order valence-electron chi connectivity index (χ2n) is 6.12. The van der Waals surface area contributed by atoms with Crippen molar-refractivity contribution in [2.75, 3.05) is 5.75 Å². The van der Waals surface area contributed by atoms with E-state index in [0.717, 1.165) is 22.5 Å². The summed E-state index contributed by atoms with van der Waals surface area (Å²) in [4.78, 5) is 0. The van der Waals surface area contributed by atoms with Gasteiger partial charge in [0, 0.05) is 19.1 Å². The normalized spacial score (nSPS) is 12.0. The highest BCUT2D eigenvalue weighted by atomic mass is 35.5. The van der Waals surface area contributed by atoms with Crippen LogP contribution in [-0.4, -0.2) is 23.3 Å². The molecule has 3 aromatic rings. The number of fused-ring (bicyclic) bond motifs is 1. The summed E-state index contributed by atoms with van der Waals surface area (Å²) < 4.78 is 34.9. The van der Waals surface area contributed by atoms with Crippen LogP contribution in [0, 0.1) is 6.92 Å². The Hall–Kier alpha value is -1.60. The van der Waals surface area contributed by atoms with E-state index in [1.54, 1.807) is 0 Å². The Balaban J connectivity index is 2.05. The summed E-state index contributed by atoms with van der Waals surface area (Å²) in [6, 6.07) is 13.6. The smallest absolute Gasteiger partial charge is 0.264 e. The molecule has 0 fully saturated rings. The Morgan fingerprint density at radius 1 is 1.08 bits per heavy atom. The summed E-state index contributed by atoms with van der Waals surface area (Å²) in [5.41, 5.74) is 2.86. The molecular formula is C18H19Cl2N2O3S+. The van der Waals surface area contributed by atoms with Crippen molar-refractivity contribution >= 4 is 44.4 Å². The number of para-hydroxylation sites is 1. The molecule has 1 heterocycles. The van der Waals surface area contributed by atoms with Crippen LogP contribution in [-0.2, 0) is 16.7 Å². The lowest BCUT2D eigenvalue weighted by atomic mass is 10.2. The highest BCUT2D eigenvalue weighted by molar-refractivity contribution is 7.85. The number of imidazole rings is 1. The zero-order valence-electron chi connectivity index (χ0n) is 14.2. The molecule has 5 nitrogen and oxygen atoms in total. The molecule has 0 unspecified atom stereocenters. The quantitative estimate of drug-likeness (QED) is 0.374. The zero-order valence-corrected chi connectivity index (χ0v) is 16.5. The summed E-state index contributed by atoms with van der Waals surface area (Å²) >= 11 is 12.5. The van der Waals surface area contributed by atoms with Crippen molar-refractivity contribution in [1.82, 2.24) is 4.57 Å². The van der Waals surface area contributed by atoms with Crippen LogP contribution in [0.3, 0.4) is 0 Å². The molecule has 0 atom stereocenters. The van der Waals surface area contributed by atoms with Crippen LogP contribution >= 0.6 is 23.2 Å². The maximum atomic E-state index is 10.9. The maximum absolute atomic E-state index is 10.9. The molecule has 0 saturated heterocycles. The van der Waals surface area contributed by atoms with Crippen LogP contribution in [0.25, 0.3) is 16.7 Å². The van der Waals surface area contributed by atoms with Gasteiger partial charge in [0.15, 0.2) is 11.0 Å². The van der Waals surface area contributed by atoms with Gasteiger partial charge in [-0.3, -0.25) is 4.55 Å². The van der Waals surface area contributed by atoms with Crippen LogP contribution in [0.5, 0.6) is 0 Å². The van der Waals surface area contributed by atoms with Crippen LogP contribution in [0.15, 0.2) is 42.5 Å². The van der Waals surface area contributed by atoms with Crippen molar-refractivity contribution in [1.29, 1.82) is 0 Å². The molecule has 8 heteroatoms. The first-order valence-corrected chi connectivity index (χ1v) is 10.5. The van der Waals surface area contributed by atoms with Crippen molar-refractivity contribution in [2.24, 2.45) is 0 Å². The molecule has 26 heavy (non-hydrogen) atoms. The Morgan fingerprint density at radius 3 is 2.38 bits per heavy atom. The van der Waals surface area contributed by atoms with Gasteiger partial charge >= 0.3 is 0 Å². The number of halogens is 2. The molecule has 0 aliphatic heterocycles. The lowest BCUT2D eigenvalue weighted by Crippen LogP contribution is -2.36. The summed E-state index contributed by atoms with van der Waals surface area (Å²) in [7, 11) is -3.93. The fourth-order valence-corrected chi connectivity index (χ4v) is 4.01. The number of rotatable bonds is 6. The van der Waals surface area contributed by atoms with Gasteiger partial charge in [-0.2, -0.15) is 13.0 Å². The van der Waals surface area contributed by atoms with Crippen LogP contribution in [0.4, 0.5) is 0 Å². The van der Waals surface area contributed by atoms with E-state index in [4.69, 9.17) is 27.8 Å². The molecule has 0 amide bonds. The largest absolute Gasteiger partial charge is 0.286 e. The fraction of sp³-hybridized carbons (Fsp3) is 0.278. The van der Waals surface area contributed by atoms with E-state index in [0.29, 0.717) is 29.4 Å². The van der Waals surface area contributed by atoms with Crippen molar-refractivity contribution in [3.63, 3.8) is 0 Å². The van der Waals surface area contributed by atoms with Gasteiger partial charge in [-0.25, -0.2) is 4.57 Å². The van der Waals surface area contributed by atoms with Crippen LogP contribution < -0.4 is 4.57 Å². The predicted molar refractivity (Wildman–Crippen MR) is 104 cm³/mol. The van der Waals surface area contributed by atoms with Gasteiger partial charge in [-0.15, -0.1) is 0 Å². The van der Waals surface area contributed by atoms with Crippen molar-refractivity contribution < 1.29 is 17.5 Å². The third kappa shape index (κ3) is 4.04. The second-order valence-corrected chi connectivity index (χ2v) is 8.50. The number of unbranched alkanes of at least 4 members (excludes halogenated alkanes) is 1. The number of aryl methyl sites for hydroxylation is 1. The lowest BCUT2D eigenvalue weighted by molar-refractivity contribution is -0.678. The summed E-state index contributed by atoms with van der Waals surface area (Å²) in [6.07, 6.45) is 0.990. The molecule has 0 spiro atoms. The average molecular weight is 414 g/mol. The number of hydrogen-bond donors (Lipinski definition) is 1. The fourth-order valence-electron chi connectivity index (χ4n) is 3.13. The predicted octanol–water partition coefficient (Wildman–Crippen LogP) is 4.20. The minimum atomic E-state index is -3.93. The minimum Gasteiger partial charge on any atom is -0.286 e. The number of nitrogens with zero attached hydrogens (tertiary/aromatic N) is 2. The molecule has 1 aromatic heterocycles. The Morgan fingerprint density at radius 2 is 1.73 bits per heavy atom. The first-order valence-electron chi connectivity index (χ1n) is 8.18. The van der Waals surface area contributed by atoms with Crippen LogP contribution in [0.1, 0.15) is 18.7 Å². The molecule has 0 aliphatic carbocycles. The minimum absolute atomic E-state index is 0.240. The number of hydrogen-bond acceptors (Lipinski definition) is 2. The highest BCUT2D eigenvalue weighted by Gasteiger charge is 2.24. The van der Waals surface area contributed by atoms with Gasteiger partial charge in [0.05, 0.1) is 22.3 Å². The maximum Gasteiger partial charge on any atom is 0.264 e. The van der Waals surface area contributed by atoms with E-state index in [9.17, 15) is 8.42 Å². The van der Waals surface area contributed by atoms with Gasteiger partial charge in [-0.05, 0) is 25.0 Å². The second kappa shape index (κ2) is 7.56. The van der Waals surface area contributed by atoms with Gasteiger partial charge < -0.3 is 0 Å². The monoisotopic (exact) mass is 413 g/mol. The third-order valence-corrected chi connectivity index (χ3v) is 5.84. The third-order valence-electron chi connectivity index (χ3n) is 4.31. The first kappa shape index (κ1) is 19.2. The molecule has 0 aliphatic rings. The first-order chi connectivity index (χ1) is 12.3. The average Bonchev–Trinajstić information content (AvgIpc) is 2.83. The molecule has 0 radical (unpaired) electrons. The van der Waals surface area contributed by atoms with Gasteiger partial charge in [0.1, 0.15) is 5.69 Å². The molecule has 2 aromatic carbocycles. The van der Waals surface area contributed by atoms with Crippen molar-refractivity contribution in [2.45, 2.75) is 26.3 Å². The van der Waals surface area contributed by atoms with E-state index >= 15 is 0 Å². The molecule has 3 rings (SSSR count). The van der Waals surface area contributed by atoms with Crippen LogP contribution in [0.2, 0.25) is 10.0 Å². The summed E-state index contributed by atoms with van der Waals surface area (Å²) in [5, 5.41) is 0.948. The van der Waals surface area contributed by atoms with E-state index in [-0.39, 0.29) is 5.75 Å². The van der Waals surface area contributed by atoms with Gasteiger partial charge in [0.2, 0.25) is 0 Å². The standard InChI is InChI=1S/C18H18Cl2N2O3S/c1-13-21(9-5-6-10-26(23,24)25)17-11-15(19)16(20)12-18(17)22(13)14-7-3-2-4-8-14/h2-4,7-8,11-12H,5-6,9-10H2,1H3/p+1. The van der Waals surface area contributed by atoms with E-state index in [2.05, 4.69) is 9.13 Å². The van der Waals surface area contributed by atoms with E-state index in [1.807, 2.05) is 49.4 Å². The molecule has 138 valence electrons. The van der Waals surface area contributed by atoms with Gasteiger partial charge in [0.25, 0.3) is 15.9 Å². The Labute approximate surface area is 162 Å². The summed E-state index contributed by atoms with van der Waals surface area (Å²) in [6.45, 7) is 2.60. The van der Waals surface area contributed by atoms with Gasteiger partial charge in [-0.1, -0.05) is 41.4 Å². The van der Waals surface area contributed by atoms with Crippen molar-refractivity contribution in [3.05, 3.63) is 58.3 Å². The van der Waals surface area contributed by atoms with Crippen molar-refractivity contribution in [3.8, 4) is 5.69 Å². The zero-order chi connectivity index (χ0) is 18.9. The van der Waals surface area contributed by atoms with E-state index in [1.165, 1.54) is 0 Å². The van der Waals surface area contributed by atoms with E-state index < -0.39 is 10.1 Å². The molecule has 0 saturated carbocycles. The summed E-state index contributed by atoms with van der Waals surface area (Å²) in [5.74, 6) is 0.743. The molecule has 1 N–H and O–H groups in total. The number of aromatic nitrogens is 2. The number of benzene rings is 2. The Bertz CT molecular complexity index is 1050.